The Morgan fingerprint density at radius 3 is 2.00 bits per heavy atom. The summed E-state index contributed by atoms with van der Waals surface area (Å²) in [5, 5.41) is 0. The smallest absolute Gasteiger partial charge is 1.00 e. The zero-order valence-corrected chi connectivity index (χ0v) is 22.2. The average Bonchev–Trinajstić information content (AvgIpc) is 2.54. The van der Waals surface area contributed by atoms with E-state index in [-0.39, 0.29) is 112 Å². The summed E-state index contributed by atoms with van der Waals surface area (Å²) in [4.78, 5) is 0. The molecule has 0 aromatic heterocycles. The molecule has 2 aliphatic carbocycles. The van der Waals surface area contributed by atoms with Crippen LogP contribution in [0, 0.1) is 12.5 Å². The van der Waals surface area contributed by atoms with Crippen LogP contribution in [0.2, 0.25) is 0 Å². The molecule has 0 spiro atoms. The molecule has 0 fully saturated rings. The van der Waals surface area contributed by atoms with E-state index in [4.69, 9.17) is 0 Å². The van der Waals surface area contributed by atoms with Gasteiger partial charge in [0.25, 0.3) is 0 Å². The van der Waals surface area contributed by atoms with Crippen molar-refractivity contribution in [2.45, 2.75) is 14.9 Å². The van der Waals surface area contributed by atoms with E-state index in [2.05, 4.69) is 72.8 Å². The van der Waals surface area contributed by atoms with Gasteiger partial charge >= 0.3 is 47.8 Å². The molecule has 0 saturated heterocycles. The number of allylic oxidation sites excluding steroid dienone is 4. The van der Waals surface area contributed by atoms with Gasteiger partial charge in [-0.2, -0.15) is 5.73 Å². The van der Waals surface area contributed by atoms with Crippen LogP contribution in [0.1, 0.15) is 37.1 Å². The molecule has 2 aromatic rings. The maximum Gasteiger partial charge on any atom is 2.00 e. The molecule has 0 bridgehead atoms. The van der Waals surface area contributed by atoms with E-state index in [0.717, 1.165) is 11.1 Å². The number of hydrogen-bond donors (Lipinski definition) is 0. The molecule has 2 aromatic carbocycles. The van der Waals surface area contributed by atoms with Crippen molar-refractivity contribution < 1.29 is 49.6 Å². The van der Waals surface area contributed by atoms with Gasteiger partial charge < -0.3 is 49.6 Å². The van der Waals surface area contributed by atoms with Crippen LogP contribution >= 0.6 is 0 Å². The molecule has 0 heterocycles. The summed E-state index contributed by atoms with van der Waals surface area (Å²) in [6.45, 7) is 0. The molecule has 4 rings (SSSR count). The summed E-state index contributed by atoms with van der Waals surface area (Å²) < 4.78 is 0. The van der Waals surface area contributed by atoms with Gasteiger partial charge in [0.1, 0.15) is 0 Å². The van der Waals surface area contributed by atoms with Crippen LogP contribution in [-0.4, -0.2) is 47.8 Å². The van der Waals surface area contributed by atoms with Gasteiger partial charge in [0, 0.05) is 17.7 Å². The Hall–Kier alpha value is -0.0226. The standard InChI is InChI=1S/C20H12.2CH4.4ClH.2Sn/c1-3-11-17-15(7-1)9-5-13-19(17)20-14-6-10-16-8-2-4-12-18(16)20;;;;;;;;/h1-12H;2*1H4;4*1H;;/q;;;;;;;2*+2/p-4. The van der Waals surface area contributed by atoms with E-state index in [0.29, 0.717) is 0 Å². The molecule has 0 saturated carbocycles. The van der Waals surface area contributed by atoms with E-state index in [1.807, 2.05) is 12.2 Å². The predicted molar refractivity (Wildman–Crippen MR) is 108 cm³/mol. The van der Waals surface area contributed by atoms with Crippen molar-refractivity contribution in [3.63, 3.8) is 0 Å². The molecule has 0 nitrogen and oxygen atoms in total. The molecular weight excluding hydrogens is 643 g/mol. The Morgan fingerprint density at radius 1 is 0.750 bits per heavy atom. The molecule has 0 aliphatic heterocycles. The molecule has 0 atom stereocenters. The molecular formula is C22H20Cl4Sn2. The summed E-state index contributed by atoms with van der Waals surface area (Å²) in [6.07, 6.45) is 11.6. The maximum absolute atomic E-state index is 3.39. The topological polar surface area (TPSA) is 0 Å². The number of benzene rings is 2. The fraction of sp³-hybridized carbons (Fsp3) is 0.0909. The third kappa shape index (κ3) is 7.67. The minimum absolute atomic E-state index is 0. The number of fused-ring (bicyclic) bond motifs is 2. The first-order valence-electron chi connectivity index (χ1n) is 6.73. The second kappa shape index (κ2) is 17.8. The molecule has 4 radical (unpaired) electrons. The van der Waals surface area contributed by atoms with Crippen LogP contribution < -0.4 is 49.6 Å². The van der Waals surface area contributed by atoms with Crippen LogP contribution in [0.4, 0.5) is 0 Å². The van der Waals surface area contributed by atoms with Crippen molar-refractivity contribution in [2.75, 3.05) is 0 Å². The van der Waals surface area contributed by atoms with Gasteiger partial charge in [-0.25, -0.2) is 0 Å². The fourth-order valence-corrected chi connectivity index (χ4v) is 2.74. The van der Waals surface area contributed by atoms with Gasteiger partial charge in [-0.3, -0.25) is 0 Å². The summed E-state index contributed by atoms with van der Waals surface area (Å²) in [5.41, 5.74) is 10.6. The van der Waals surface area contributed by atoms with Gasteiger partial charge in [0.15, 0.2) is 5.57 Å². The van der Waals surface area contributed by atoms with Crippen LogP contribution in [0.15, 0.2) is 66.4 Å². The van der Waals surface area contributed by atoms with Gasteiger partial charge in [-0.05, 0) is 12.1 Å². The summed E-state index contributed by atoms with van der Waals surface area (Å²) in [6, 6.07) is 16.9. The molecule has 144 valence electrons. The van der Waals surface area contributed by atoms with Crippen molar-refractivity contribution in [3.8, 4) is 0 Å². The number of hydrogen-bond acceptors (Lipinski definition) is 0. The third-order valence-corrected chi connectivity index (χ3v) is 3.69. The Balaban J connectivity index is -0.000000220. The summed E-state index contributed by atoms with van der Waals surface area (Å²) in [7, 11) is 0. The zero-order valence-electron chi connectivity index (χ0n) is 13.4. The SMILES string of the molecule is C.C.C1=C[CH-]c2ccccc2C=1C1=[C+]C=Cc2ccccc21.[Cl-].[Cl-].[Cl-].[Cl-].[Sn+2].[Sn+2]. The second-order valence-corrected chi connectivity index (χ2v) is 4.88. The largest absolute Gasteiger partial charge is 2.00 e. The van der Waals surface area contributed by atoms with E-state index < -0.39 is 0 Å². The molecule has 0 N–H and O–H groups in total. The van der Waals surface area contributed by atoms with E-state index in [1.54, 1.807) is 0 Å². The minimum atomic E-state index is 0. The van der Waals surface area contributed by atoms with Crippen molar-refractivity contribution in [3.05, 3.63) is 101 Å². The Morgan fingerprint density at radius 2 is 1.32 bits per heavy atom. The number of halogens is 4. The third-order valence-electron chi connectivity index (χ3n) is 3.69. The van der Waals surface area contributed by atoms with Crippen molar-refractivity contribution >= 4 is 65.0 Å². The molecule has 0 amide bonds. The Bertz CT molecular complexity index is 836. The van der Waals surface area contributed by atoms with Crippen LogP contribution in [0.25, 0.3) is 17.2 Å². The zero-order chi connectivity index (χ0) is 13.4. The monoisotopic (exact) mass is 664 g/mol. The van der Waals surface area contributed by atoms with E-state index in [9.17, 15) is 0 Å². The van der Waals surface area contributed by atoms with Crippen LogP contribution in [0.5, 0.6) is 0 Å². The quantitative estimate of drug-likeness (QED) is 0.162. The summed E-state index contributed by atoms with van der Waals surface area (Å²) in [5.74, 6) is 0. The normalized spacial score (nSPS) is 10.3. The average molecular weight is 664 g/mol. The first-order chi connectivity index (χ1) is 9.93. The molecule has 28 heavy (non-hydrogen) atoms. The summed E-state index contributed by atoms with van der Waals surface area (Å²) >= 11 is 0. The van der Waals surface area contributed by atoms with Gasteiger partial charge in [0.2, 0.25) is 0 Å². The molecule has 0 unspecified atom stereocenters. The maximum atomic E-state index is 3.39. The van der Waals surface area contributed by atoms with Gasteiger partial charge in [-0.15, -0.1) is 30.2 Å². The fourth-order valence-electron chi connectivity index (χ4n) is 2.74. The van der Waals surface area contributed by atoms with Gasteiger partial charge in [-0.1, -0.05) is 44.7 Å². The Labute approximate surface area is 228 Å². The number of rotatable bonds is 1. The second-order valence-electron chi connectivity index (χ2n) is 4.88. The minimum Gasteiger partial charge on any atom is -1.00 e. The first-order valence-corrected chi connectivity index (χ1v) is 6.73. The first kappa shape index (κ1) is 38.6. The van der Waals surface area contributed by atoms with Gasteiger partial charge in [0.05, 0.1) is 17.2 Å². The van der Waals surface area contributed by atoms with Crippen molar-refractivity contribution in [1.82, 2.24) is 0 Å². The van der Waals surface area contributed by atoms with E-state index in [1.165, 1.54) is 22.3 Å². The van der Waals surface area contributed by atoms with Crippen LogP contribution in [-0.2, 0) is 0 Å². The van der Waals surface area contributed by atoms with Crippen molar-refractivity contribution in [1.29, 1.82) is 0 Å². The predicted octanol–water partition coefficient (Wildman–Crippen LogP) is -6.77. The van der Waals surface area contributed by atoms with Crippen molar-refractivity contribution in [2.24, 2.45) is 0 Å². The van der Waals surface area contributed by atoms with E-state index >= 15 is 0 Å². The molecule has 2 aliphatic rings. The molecule has 6 heteroatoms. The Kier molecular flexibility index (Phi) is 24.5. The van der Waals surface area contributed by atoms with Crippen LogP contribution in [0.3, 0.4) is 0 Å².